The summed E-state index contributed by atoms with van der Waals surface area (Å²) in [6.07, 6.45) is 4.80. The van der Waals surface area contributed by atoms with Gasteiger partial charge < -0.3 is 4.57 Å². The Bertz CT molecular complexity index is 1430. The van der Waals surface area contributed by atoms with E-state index in [2.05, 4.69) is 105 Å². The van der Waals surface area contributed by atoms with E-state index in [9.17, 15) is 0 Å². The number of unbranched alkanes of at least 4 members (excludes halogenated alkanes) is 2. The van der Waals surface area contributed by atoms with Crippen LogP contribution in [0, 0.1) is 6.92 Å². The molecule has 0 N–H and O–H groups in total. The minimum atomic E-state index is 0.758. The number of para-hydroxylation sites is 1. The van der Waals surface area contributed by atoms with Crippen molar-refractivity contribution in [2.24, 2.45) is 7.05 Å². The molecular formula is C26H26BrN5. The molecule has 0 fully saturated rings. The van der Waals surface area contributed by atoms with Crippen LogP contribution in [0.15, 0.2) is 59.1 Å². The van der Waals surface area contributed by atoms with Crippen molar-refractivity contribution >= 4 is 37.6 Å². The lowest BCUT2D eigenvalue weighted by atomic mass is 9.98. The van der Waals surface area contributed by atoms with Crippen LogP contribution in [-0.4, -0.2) is 24.8 Å². The second-order valence-corrected chi connectivity index (χ2v) is 9.13. The minimum absolute atomic E-state index is 0.758. The SMILES string of the molecule is CCCCCc1c(-c2ccc3c(Br)c(-n4nnnc4C)ccc3c2)n(C)c2ccccc12. The zero-order chi connectivity index (χ0) is 22.2. The number of aryl methyl sites for hydroxylation is 3. The highest BCUT2D eigenvalue weighted by atomic mass is 79.9. The number of aromatic nitrogens is 5. The summed E-state index contributed by atoms with van der Waals surface area (Å²) in [4.78, 5) is 0. The average molecular weight is 488 g/mol. The van der Waals surface area contributed by atoms with Gasteiger partial charge in [0.1, 0.15) is 0 Å². The molecule has 0 spiro atoms. The lowest BCUT2D eigenvalue weighted by molar-refractivity contribution is 0.719. The van der Waals surface area contributed by atoms with Crippen LogP contribution in [0.2, 0.25) is 0 Å². The number of hydrogen-bond donors (Lipinski definition) is 0. The second kappa shape index (κ2) is 8.51. The van der Waals surface area contributed by atoms with Gasteiger partial charge in [0.15, 0.2) is 5.82 Å². The van der Waals surface area contributed by atoms with Crippen molar-refractivity contribution in [2.75, 3.05) is 0 Å². The van der Waals surface area contributed by atoms with E-state index < -0.39 is 0 Å². The number of nitrogens with zero attached hydrogens (tertiary/aromatic N) is 5. The molecule has 0 unspecified atom stereocenters. The summed E-state index contributed by atoms with van der Waals surface area (Å²) in [7, 11) is 2.19. The van der Waals surface area contributed by atoms with Crippen LogP contribution in [0.4, 0.5) is 0 Å². The molecule has 5 rings (SSSR count). The van der Waals surface area contributed by atoms with Gasteiger partial charge in [-0.1, -0.05) is 56.2 Å². The Labute approximate surface area is 196 Å². The van der Waals surface area contributed by atoms with Crippen molar-refractivity contribution in [1.82, 2.24) is 24.8 Å². The molecule has 2 aromatic heterocycles. The third-order valence-electron chi connectivity index (χ3n) is 6.30. The van der Waals surface area contributed by atoms with Crippen LogP contribution >= 0.6 is 15.9 Å². The van der Waals surface area contributed by atoms with Gasteiger partial charge in [-0.3, -0.25) is 0 Å². The highest BCUT2D eigenvalue weighted by Crippen LogP contribution is 2.37. The van der Waals surface area contributed by atoms with E-state index in [0.717, 1.165) is 27.8 Å². The van der Waals surface area contributed by atoms with Crippen LogP contribution in [0.3, 0.4) is 0 Å². The Balaban J connectivity index is 1.66. The number of fused-ring (bicyclic) bond motifs is 2. The molecule has 0 saturated heterocycles. The molecular weight excluding hydrogens is 462 g/mol. The van der Waals surface area contributed by atoms with E-state index in [1.807, 2.05) is 6.92 Å². The van der Waals surface area contributed by atoms with E-state index in [-0.39, 0.29) is 0 Å². The Morgan fingerprint density at radius 2 is 1.81 bits per heavy atom. The highest BCUT2D eigenvalue weighted by molar-refractivity contribution is 9.10. The van der Waals surface area contributed by atoms with E-state index in [4.69, 9.17) is 0 Å². The maximum absolute atomic E-state index is 4.12. The van der Waals surface area contributed by atoms with Gasteiger partial charge in [0.05, 0.1) is 15.9 Å². The van der Waals surface area contributed by atoms with Crippen molar-refractivity contribution in [3.8, 4) is 16.9 Å². The van der Waals surface area contributed by atoms with Gasteiger partial charge in [-0.2, -0.15) is 4.68 Å². The largest absolute Gasteiger partial charge is 0.343 e. The Hall–Kier alpha value is -2.99. The first kappa shape index (κ1) is 20.9. The van der Waals surface area contributed by atoms with Crippen molar-refractivity contribution in [3.63, 3.8) is 0 Å². The fraction of sp³-hybridized carbons (Fsp3) is 0.269. The standard InChI is InChI=1S/C26H26BrN5/c1-4-5-6-10-22-21-9-7-8-11-23(21)31(3)26(22)19-12-14-20-18(16-19)13-15-24(25(20)27)32-17(2)28-29-30-32/h7-9,11-16H,4-6,10H2,1-3H3. The van der Waals surface area contributed by atoms with E-state index in [1.165, 1.54) is 52.4 Å². The van der Waals surface area contributed by atoms with Crippen molar-refractivity contribution in [2.45, 2.75) is 39.5 Å². The molecule has 0 radical (unpaired) electrons. The second-order valence-electron chi connectivity index (χ2n) is 8.33. The Kier molecular flexibility index (Phi) is 5.55. The molecule has 0 atom stereocenters. The zero-order valence-electron chi connectivity index (χ0n) is 18.6. The summed E-state index contributed by atoms with van der Waals surface area (Å²) in [5, 5.41) is 15.6. The lowest BCUT2D eigenvalue weighted by Crippen LogP contribution is -2.01. The van der Waals surface area contributed by atoms with Crippen molar-refractivity contribution < 1.29 is 0 Å². The molecule has 3 aromatic carbocycles. The maximum atomic E-state index is 4.12. The summed E-state index contributed by atoms with van der Waals surface area (Å²) >= 11 is 3.80. The van der Waals surface area contributed by atoms with Crippen molar-refractivity contribution in [1.29, 1.82) is 0 Å². The van der Waals surface area contributed by atoms with Gasteiger partial charge in [-0.05, 0) is 86.2 Å². The molecule has 0 bridgehead atoms. The normalized spacial score (nSPS) is 11.6. The van der Waals surface area contributed by atoms with Gasteiger partial charge in [-0.25, -0.2) is 0 Å². The third kappa shape index (κ3) is 3.43. The number of rotatable bonds is 6. The molecule has 5 aromatic rings. The molecule has 0 saturated carbocycles. The fourth-order valence-corrected chi connectivity index (χ4v) is 5.35. The average Bonchev–Trinajstić information content (AvgIpc) is 3.35. The quantitative estimate of drug-likeness (QED) is 0.248. The molecule has 0 aliphatic carbocycles. The summed E-state index contributed by atoms with van der Waals surface area (Å²) in [6, 6.07) is 19.7. The number of benzene rings is 3. The first-order chi connectivity index (χ1) is 15.6. The maximum Gasteiger partial charge on any atom is 0.153 e. The smallest absolute Gasteiger partial charge is 0.153 e. The van der Waals surface area contributed by atoms with Gasteiger partial charge in [0.2, 0.25) is 0 Å². The minimum Gasteiger partial charge on any atom is -0.343 e. The first-order valence-electron chi connectivity index (χ1n) is 11.1. The summed E-state index contributed by atoms with van der Waals surface area (Å²) in [6.45, 7) is 4.16. The monoisotopic (exact) mass is 487 g/mol. The van der Waals surface area contributed by atoms with Crippen LogP contribution in [0.1, 0.15) is 37.6 Å². The van der Waals surface area contributed by atoms with Gasteiger partial charge in [0, 0.05) is 18.0 Å². The van der Waals surface area contributed by atoms with Crippen LogP contribution in [-0.2, 0) is 13.5 Å². The predicted octanol–water partition coefficient (Wildman–Crippen LogP) is 6.78. The van der Waals surface area contributed by atoms with Gasteiger partial charge >= 0.3 is 0 Å². The molecule has 6 heteroatoms. The molecule has 32 heavy (non-hydrogen) atoms. The van der Waals surface area contributed by atoms with E-state index in [1.54, 1.807) is 4.68 Å². The predicted molar refractivity (Wildman–Crippen MR) is 134 cm³/mol. The van der Waals surface area contributed by atoms with Gasteiger partial charge in [-0.15, -0.1) is 5.10 Å². The van der Waals surface area contributed by atoms with Crippen LogP contribution < -0.4 is 0 Å². The Morgan fingerprint density at radius 3 is 2.59 bits per heavy atom. The van der Waals surface area contributed by atoms with Crippen LogP contribution in [0.25, 0.3) is 38.6 Å². The van der Waals surface area contributed by atoms with Crippen LogP contribution in [0.5, 0.6) is 0 Å². The molecule has 0 amide bonds. The number of tetrazole rings is 1. The lowest BCUT2D eigenvalue weighted by Gasteiger charge is -2.12. The summed E-state index contributed by atoms with van der Waals surface area (Å²) < 4.78 is 5.11. The molecule has 2 heterocycles. The van der Waals surface area contributed by atoms with Crippen molar-refractivity contribution in [3.05, 3.63) is 70.5 Å². The molecule has 0 aliphatic heterocycles. The topological polar surface area (TPSA) is 48.5 Å². The van der Waals surface area contributed by atoms with E-state index >= 15 is 0 Å². The summed E-state index contributed by atoms with van der Waals surface area (Å²) in [5.74, 6) is 0.758. The Morgan fingerprint density at radius 1 is 0.969 bits per heavy atom. The molecule has 0 aliphatic rings. The fourth-order valence-electron chi connectivity index (χ4n) is 4.69. The first-order valence-corrected chi connectivity index (χ1v) is 11.9. The van der Waals surface area contributed by atoms with E-state index in [0.29, 0.717) is 0 Å². The van der Waals surface area contributed by atoms with Gasteiger partial charge in [0.25, 0.3) is 0 Å². The molecule has 5 nitrogen and oxygen atoms in total. The number of halogens is 1. The summed E-state index contributed by atoms with van der Waals surface area (Å²) in [5.41, 5.74) is 6.26. The highest BCUT2D eigenvalue weighted by Gasteiger charge is 2.17. The number of hydrogen-bond acceptors (Lipinski definition) is 3. The molecule has 162 valence electrons. The third-order valence-corrected chi connectivity index (χ3v) is 7.14. The zero-order valence-corrected chi connectivity index (χ0v) is 20.2.